The maximum atomic E-state index is 12.5. The fraction of sp³-hybridized carbons (Fsp3) is 0.316. The maximum absolute atomic E-state index is 12.5. The number of hydrogen-bond acceptors (Lipinski definition) is 3. The number of nitrogens with zero attached hydrogens (tertiary/aromatic N) is 1. The van der Waals surface area contributed by atoms with Crippen LogP contribution in [0.15, 0.2) is 41.3 Å². The molecule has 126 valence electrons. The normalized spacial score (nSPS) is 14.0. The minimum Gasteiger partial charge on any atom is -0.371 e. The highest BCUT2D eigenvalue weighted by Crippen LogP contribution is 2.28. The Bertz CT molecular complexity index is 757. The van der Waals surface area contributed by atoms with Gasteiger partial charge < -0.3 is 10.2 Å². The summed E-state index contributed by atoms with van der Waals surface area (Å²) < 4.78 is 0. The van der Waals surface area contributed by atoms with Crippen molar-refractivity contribution in [2.75, 3.05) is 29.6 Å². The third-order valence-corrected chi connectivity index (χ3v) is 5.37. The van der Waals surface area contributed by atoms with E-state index in [9.17, 15) is 4.79 Å². The number of hydrogen-bond donors (Lipinski definition) is 1. The second kappa shape index (κ2) is 7.49. The van der Waals surface area contributed by atoms with Gasteiger partial charge in [-0.05, 0) is 68.0 Å². The van der Waals surface area contributed by atoms with Crippen LogP contribution in [0.3, 0.4) is 0 Å². The molecule has 0 radical (unpaired) electrons. The number of carbonyl (C=O) groups excluding carboxylic acids is 1. The molecule has 1 heterocycles. The topological polar surface area (TPSA) is 32.3 Å². The van der Waals surface area contributed by atoms with Gasteiger partial charge in [-0.1, -0.05) is 11.6 Å². The first-order valence-electron chi connectivity index (χ1n) is 8.09. The molecule has 1 aliphatic heterocycles. The largest absolute Gasteiger partial charge is 0.371 e. The Hall–Kier alpha value is -1.65. The van der Waals surface area contributed by atoms with Gasteiger partial charge in [0.2, 0.25) is 0 Å². The molecule has 2 aromatic rings. The predicted octanol–water partition coefficient (Wildman–Crippen LogP) is 5.22. The number of aryl methyl sites for hydroxylation is 1. The molecule has 1 saturated heterocycles. The summed E-state index contributed by atoms with van der Waals surface area (Å²) in [5.74, 6) is -0.177. The number of carbonyl (C=O) groups is 1. The molecule has 0 aliphatic carbocycles. The van der Waals surface area contributed by atoms with Crippen LogP contribution in [0.4, 0.5) is 11.4 Å². The van der Waals surface area contributed by atoms with Crippen molar-refractivity contribution in [1.82, 2.24) is 0 Å². The summed E-state index contributed by atoms with van der Waals surface area (Å²) in [6, 6.07) is 11.6. The molecule has 0 atom stereocenters. The molecule has 1 N–H and O–H groups in total. The monoisotopic (exact) mass is 360 g/mol. The van der Waals surface area contributed by atoms with Gasteiger partial charge in [0.25, 0.3) is 5.91 Å². The van der Waals surface area contributed by atoms with Crippen molar-refractivity contribution in [3.8, 4) is 0 Å². The number of halogens is 1. The van der Waals surface area contributed by atoms with Gasteiger partial charge in [0.05, 0.1) is 10.6 Å². The van der Waals surface area contributed by atoms with Gasteiger partial charge in [0.15, 0.2) is 0 Å². The molecule has 0 aromatic heterocycles. The molecule has 0 unspecified atom stereocenters. The number of anilines is 2. The van der Waals surface area contributed by atoms with Gasteiger partial charge in [-0.2, -0.15) is 0 Å². The molecule has 0 saturated carbocycles. The third-order valence-electron chi connectivity index (χ3n) is 4.32. The highest BCUT2D eigenvalue weighted by molar-refractivity contribution is 7.98. The maximum Gasteiger partial charge on any atom is 0.257 e. The number of rotatable bonds is 4. The summed E-state index contributed by atoms with van der Waals surface area (Å²) in [6.07, 6.45) is 4.48. The molecular formula is C19H21ClN2OS. The van der Waals surface area contributed by atoms with Crippen molar-refractivity contribution in [3.05, 3.63) is 52.5 Å². The molecule has 1 aliphatic rings. The Morgan fingerprint density at radius 1 is 1.17 bits per heavy atom. The van der Waals surface area contributed by atoms with Gasteiger partial charge in [-0.15, -0.1) is 11.8 Å². The summed E-state index contributed by atoms with van der Waals surface area (Å²) >= 11 is 7.77. The van der Waals surface area contributed by atoms with Crippen LogP contribution in [0.2, 0.25) is 5.02 Å². The van der Waals surface area contributed by atoms with Crippen molar-refractivity contribution in [1.29, 1.82) is 0 Å². The van der Waals surface area contributed by atoms with Gasteiger partial charge in [0, 0.05) is 29.4 Å². The number of amides is 1. The molecule has 24 heavy (non-hydrogen) atoms. The quantitative estimate of drug-likeness (QED) is 0.758. The van der Waals surface area contributed by atoms with Gasteiger partial charge >= 0.3 is 0 Å². The molecule has 0 spiro atoms. The molecule has 0 bridgehead atoms. The van der Waals surface area contributed by atoms with E-state index in [1.165, 1.54) is 24.1 Å². The summed E-state index contributed by atoms with van der Waals surface area (Å²) in [6.45, 7) is 4.32. The van der Waals surface area contributed by atoms with E-state index in [-0.39, 0.29) is 5.91 Å². The number of benzene rings is 2. The summed E-state index contributed by atoms with van der Waals surface area (Å²) in [4.78, 5) is 16.0. The Morgan fingerprint density at radius 3 is 2.58 bits per heavy atom. The van der Waals surface area contributed by atoms with E-state index in [1.54, 1.807) is 17.8 Å². The number of nitrogens with one attached hydrogen (secondary N) is 1. The van der Waals surface area contributed by atoms with Crippen LogP contribution in [0, 0.1) is 6.92 Å². The first kappa shape index (κ1) is 17.2. The molecule has 3 rings (SSSR count). The van der Waals surface area contributed by atoms with Crippen LogP contribution in [-0.2, 0) is 0 Å². The van der Waals surface area contributed by atoms with Crippen LogP contribution in [0.5, 0.6) is 0 Å². The Kier molecular flexibility index (Phi) is 5.36. The highest BCUT2D eigenvalue weighted by Gasteiger charge is 2.16. The predicted molar refractivity (Wildman–Crippen MR) is 104 cm³/mol. The van der Waals surface area contributed by atoms with Crippen LogP contribution in [0.25, 0.3) is 0 Å². The number of thioether (sulfide) groups is 1. The lowest BCUT2D eigenvalue weighted by Gasteiger charge is -2.20. The van der Waals surface area contributed by atoms with Crippen LogP contribution < -0.4 is 10.2 Å². The average Bonchev–Trinajstić information content (AvgIpc) is 3.09. The lowest BCUT2D eigenvalue weighted by atomic mass is 10.1. The van der Waals surface area contributed by atoms with Crippen LogP contribution in [0.1, 0.15) is 28.8 Å². The van der Waals surface area contributed by atoms with Gasteiger partial charge in [-0.25, -0.2) is 0 Å². The molecule has 1 amide bonds. The Morgan fingerprint density at radius 2 is 1.92 bits per heavy atom. The molecule has 2 aromatic carbocycles. The zero-order valence-electron chi connectivity index (χ0n) is 13.9. The summed E-state index contributed by atoms with van der Waals surface area (Å²) in [5.41, 5.74) is 3.74. The molecule has 3 nitrogen and oxygen atoms in total. The van der Waals surface area contributed by atoms with E-state index in [2.05, 4.69) is 23.2 Å². The summed E-state index contributed by atoms with van der Waals surface area (Å²) in [5, 5.41) is 3.43. The fourth-order valence-electron chi connectivity index (χ4n) is 3.05. The molecule has 1 fully saturated rings. The lowest BCUT2D eigenvalue weighted by Crippen LogP contribution is -2.19. The minimum absolute atomic E-state index is 0.177. The second-order valence-electron chi connectivity index (χ2n) is 6.00. The van der Waals surface area contributed by atoms with Crippen molar-refractivity contribution >= 4 is 40.6 Å². The van der Waals surface area contributed by atoms with Gasteiger partial charge in [-0.3, -0.25) is 4.79 Å². The SMILES string of the molecule is CSc1ccc(Cl)c(C(=O)Nc2ccc(N3CCCC3)c(C)c2)c1. The van der Waals surface area contributed by atoms with Gasteiger partial charge in [0.1, 0.15) is 0 Å². The lowest BCUT2D eigenvalue weighted by molar-refractivity contribution is 0.102. The van der Waals surface area contributed by atoms with E-state index < -0.39 is 0 Å². The first-order valence-corrected chi connectivity index (χ1v) is 9.69. The van der Waals surface area contributed by atoms with E-state index in [0.717, 1.165) is 23.7 Å². The smallest absolute Gasteiger partial charge is 0.257 e. The van der Waals surface area contributed by atoms with Crippen LogP contribution in [-0.4, -0.2) is 25.3 Å². The van der Waals surface area contributed by atoms with E-state index in [4.69, 9.17) is 11.6 Å². The standard InChI is InChI=1S/C19H21ClN2OS/c1-13-11-14(5-8-18(13)22-9-3-4-10-22)21-19(23)16-12-15(24-2)6-7-17(16)20/h5-8,11-12H,3-4,9-10H2,1-2H3,(H,21,23). The van der Waals surface area contributed by atoms with E-state index in [1.807, 2.05) is 30.5 Å². The second-order valence-corrected chi connectivity index (χ2v) is 7.28. The molecule has 5 heteroatoms. The Labute approximate surface area is 152 Å². The zero-order chi connectivity index (χ0) is 17.1. The zero-order valence-corrected chi connectivity index (χ0v) is 15.5. The third kappa shape index (κ3) is 3.70. The van der Waals surface area contributed by atoms with E-state index >= 15 is 0 Å². The first-order chi connectivity index (χ1) is 11.6. The highest BCUT2D eigenvalue weighted by atomic mass is 35.5. The van der Waals surface area contributed by atoms with Crippen molar-refractivity contribution < 1.29 is 4.79 Å². The van der Waals surface area contributed by atoms with Crippen molar-refractivity contribution in [2.24, 2.45) is 0 Å². The minimum atomic E-state index is -0.177. The molecular weight excluding hydrogens is 340 g/mol. The van der Waals surface area contributed by atoms with Crippen molar-refractivity contribution in [2.45, 2.75) is 24.7 Å². The fourth-order valence-corrected chi connectivity index (χ4v) is 3.69. The van der Waals surface area contributed by atoms with E-state index in [0.29, 0.717) is 10.6 Å². The summed E-state index contributed by atoms with van der Waals surface area (Å²) in [7, 11) is 0. The van der Waals surface area contributed by atoms with Crippen molar-refractivity contribution in [3.63, 3.8) is 0 Å². The average molecular weight is 361 g/mol. The van der Waals surface area contributed by atoms with Crippen LogP contribution >= 0.6 is 23.4 Å². The Balaban J connectivity index is 1.78.